The molecule has 0 amide bonds. The average Bonchev–Trinajstić information content (AvgIpc) is 3.01. The van der Waals surface area contributed by atoms with Crippen LogP contribution in [-0.2, 0) is 17.2 Å². The van der Waals surface area contributed by atoms with Crippen molar-refractivity contribution in [2.24, 2.45) is 12.8 Å². The van der Waals surface area contributed by atoms with Crippen molar-refractivity contribution in [2.45, 2.75) is 18.4 Å². The minimum Gasteiger partial charge on any atom is -0.379 e. The Hall–Kier alpha value is -1.73. The van der Waals surface area contributed by atoms with Crippen molar-refractivity contribution < 1.29 is 9.26 Å². The van der Waals surface area contributed by atoms with E-state index in [1.807, 2.05) is 18.5 Å². The first-order valence-corrected chi connectivity index (χ1v) is 5.75. The molecule has 0 aliphatic carbocycles. The van der Waals surface area contributed by atoms with Crippen LogP contribution in [0.15, 0.2) is 17.0 Å². The van der Waals surface area contributed by atoms with Gasteiger partial charge in [0.1, 0.15) is 5.69 Å². The third kappa shape index (κ3) is 1.55. The summed E-state index contributed by atoms with van der Waals surface area (Å²) in [5, 5.41) is 3.99. The number of hydrogen-bond acceptors (Lipinski definition) is 6. The molecule has 0 spiro atoms. The summed E-state index contributed by atoms with van der Waals surface area (Å²) in [6.45, 7) is 2.99. The van der Waals surface area contributed by atoms with E-state index in [0.717, 1.165) is 5.69 Å². The number of aromatic nitrogens is 4. The molecule has 3 heterocycles. The van der Waals surface area contributed by atoms with Gasteiger partial charge in [0, 0.05) is 13.1 Å². The fourth-order valence-corrected chi connectivity index (χ4v) is 2.04. The molecule has 1 aliphatic rings. The normalized spacial score (nSPS) is 27.8. The number of imidazole rings is 1. The van der Waals surface area contributed by atoms with Gasteiger partial charge in [0.05, 0.1) is 31.2 Å². The number of nitrogens with zero attached hydrogens (tertiary/aromatic N) is 4. The predicted octanol–water partition coefficient (Wildman–Crippen LogP) is 0.0853. The summed E-state index contributed by atoms with van der Waals surface area (Å²) in [4.78, 5) is 8.45. The highest BCUT2D eigenvalue weighted by Crippen LogP contribution is 2.31. The van der Waals surface area contributed by atoms with Gasteiger partial charge in [0.25, 0.3) is 0 Å². The van der Waals surface area contributed by atoms with Gasteiger partial charge in [-0.2, -0.15) is 4.98 Å². The third-order valence-corrected chi connectivity index (χ3v) is 3.48. The number of nitrogens with two attached hydrogens (primary N) is 1. The van der Waals surface area contributed by atoms with Crippen LogP contribution < -0.4 is 5.73 Å². The largest absolute Gasteiger partial charge is 0.379 e. The Morgan fingerprint density at radius 2 is 2.39 bits per heavy atom. The smallest absolute Gasteiger partial charge is 0.236 e. The number of hydrogen-bond donors (Lipinski definition) is 1. The van der Waals surface area contributed by atoms with E-state index >= 15 is 0 Å². The monoisotopic (exact) mass is 249 g/mol. The number of ether oxygens (including phenoxy) is 1. The lowest BCUT2D eigenvalue weighted by atomic mass is 9.86. The Bertz CT molecular complexity index is 563. The van der Waals surface area contributed by atoms with E-state index in [1.54, 1.807) is 12.5 Å². The minimum absolute atomic E-state index is 0.127. The summed E-state index contributed by atoms with van der Waals surface area (Å²) >= 11 is 0. The van der Waals surface area contributed by atoms with Crippen molar-refractivity contribution in [1.29, 1.82) is 0 Å². The lowest BCUT2D eigenvalue weighted by Gasteiger charge is -2.21. The molecule has 7 heteroatoms. The van der Waals surface area contributed by atoms with Crippen LogP contribution in [0, 0.1) is 0 Å². The van der Waals surface area contributed by atoms with E-state index in [-0.39, 0.29) is 6.04 Å². The van der Waals surface area contributed by atoms with Crippen LogP contribution in [0.5, 0.6) is 0 Å². The summed E-state index contributed by atoms with van der Waals surface area (Å²) in [5.41, 5.74) is 6.43. The van der Waals surface area contributed by atoms with Crippen LogP contribution in [0.3, 0.4) is 0 Å². The molecule has 2 unspecified atom stereocenters. The molecule has 2 aromatic rings. The lowest BCUT2D eigenvalue weighted by Crippen LogP contribution is -2.42. The highest BCUT2D eigenvalue weighted by Gasteiger charge is 2.44. The van der Waals surface area contributed by atoms with Crippen LogP contribution in [0.4, 0.5) is 0 Å². The molecule has 7 nitrogen and oxygen atoms in total. The second-order valence-electron chi connectivity index (χ2n) is 4.85. The third-order valence-electron chi connectivity index (χ3n) is 3.48. The summed E-state index contributed by atoms with van der Waals surface area (Å²) in [5.74, 6) is 1.04. The molecule has 0 bridgehead atoms. The molecule has 2 aromatic heterocycles. The SMILES string of the molecule is Cn1cncc1-c1noc(C2(C)COCC2N)n1. The number of aryl methyl sites for hydroxylation is 1. The maximum atomic E-state index is 6.03. The first-order valence-electron chi connectivity index (χ1n) is 5.75. The van der Waals surface area contributed by atoms with Gasteiger partial charge >= 0.3 is 0 Å². The Labute approximate surface area is 104 Å². The molecule has 1 fully saturated rings. The molecule has 2 atom stereocenters. The van der Waals surface area contributed by atoms with Crippen molar-refractivity contribution in [3.8, 4) is 11.5 Å². The molecule has 1 saturated heterocycles. The number of rotatable bonds is 2. The van der Waals surface area contributed by atoms with E-state index in [9.17, 15) is 0 Å². The molecule has 2 N–H and O–H groups in total. The quantitative estimate of drug-likeness (QED) is 0.810. The molecule has 18 heavy (non-hydrogen) atoms. The van der Waals surface area contributed by atoms with E-state index in [4.69, 9.17) is 15.0 Å². The van der Waals surface area contributed by atoms with Crippen LogP contribution >= 0.6 is 0 Å². The van der Waals surface area contributed by atoms with Gasteiger partial charge in [-0.1, -0.05) is 5.16 Å². The van der Waals surface area contributed by atoms with Crippen LogP contribution in [0.25, 0.3) is 11.5 Å². The Morgan fingerprint density at radius 1 is 1.56 bits per heavy atom. The molecule has 1 aliphatic heterocycles. The highest BCUT2D eigenvalue weighted by atomic mass is 16.5. The van der Waals surface area contributed by atoms with Gasteiger partial charge in [-0.05, 0) is 6.92 Å². The molecule has 3 rings (SSSR count). The molecule has 0 saturated carbocycles. The fourth-order valence-electron chi connectivity index (χ4n) is 2.04. The topological polar surface area (TPSA) is 92.0 Å². The lowest BCUT2D eigenvalue weighted by molar-refractivity contribution is 0.169. The van der Waals surface area contributed by atoms with Crippen molar-refractivity contribution in [3.63, 3.8) is 0 Å². The molecule has 0 aromatic carbocycles. The zero-order valence-corrected chi connectivity index (χ0v) is 10.3. The first kappa shape index (κ1) is 11.4. The zero-order valence-electron chi connectivity index (χ0n) is 10.3. The molecule has 96 valence electrons. The zero-order chi connectivity index (χ0) is 12.8. The van der Waals surface area contributed by atoms with Crippen molar-refractivity contribution in [3.05, 3.63) is 18.4 Å². The Balaban J connectivity index is 1.97. The van der Waals surface area contributed by atoms with Gasteiger partial charge in [-0.3, -0.25) is 0 Å². The van der Waals surface area contributed by atoms with Gasteiger partial charge in [0.15, 0.2) is 0 Å². The minimum atomic E-state index is -0.413. The first-order chi connectivity index (χ1) is 8.61. The van der Waals surface area contributed by atoms with Gasteiger partial charge in [-0.15, -0.1) is 0 Å². The van der Waals surface area contributed by atoms with E-state index in [2.05, 4.69) is 15.1 Å². The fraction of sp³-hybridized carbons (Fsp3) is 0.545. The van der Waals surface area contributed by atoms with E-state index in [1.165, 1.54) is 0 Å². The summed E-state index contributed by atoms with van der Waals surface area (Å²) in [6.07, 6.45) is 3.39. The van der Waals surface area contributed by atoms with Crippen LogP contribution in [-0.4, -0.2) is 38.9 Å². The summed E-state index contributed by atoms with van der Waals surface area (Å²) in [7, 11) is 1.88. The van der Waals surface area contributed by atoms with Gasteiger partial charge in [-0.25, -0.2) is 4.98 Å². The van der Waals surface area contributed by atoms with E-state index < -0.39 is 5.41 Å². The maximum Gasteiger partial charge on any atom is 0.236 e. The molecule has 0 radical (unpaired) electrons. The maximum absolute atomic E-state index is 6.03. The van der Waals surface area contributed by atoms with Crippen LogP contribution in [0.2, 0.25) is 0 Å². The second kappa shape index (κ2) is 3.89. The molecular weight excluding hydrogens is 234 g/mol. The predicted molar refractivity (Wildman–Crippen MR) is 62.6 cm³/mol. The Morgan fingerprint density at radius 3 is 3.00 bits per heavy atom. The van der Waals surface area contributed by atoms with Crippen LogP contribution in [0.1, 0.15) is 12.8 Å². The Kier molecular flexibility index (Phi) is 2.46. The van der Waals surface area contributed by atoms with Gasteiger partial charge in [0.2, 0.25) is 11.7 Å². The van der Waals surface area contributed by atoms with Crippen molar-refractivity contribution >= 4 is 0 Å². The summed E-state index contributed by atoms with van der Waals surface area (Å²) < 4.78 is 12.6. The van der Waals surface area contributed by atoms with Crippen molar-refractivity contribution in [2.75, 3.05) is 13.2 Å². The van der Waals surface area contributed by atoms with Gasteiger partial charge < -0.3 is 19.6 Å². The van der Waals surface area contributed by atoms with E-state index in [0.29, 0.717) is 24.9 Å². The second-order valence-corrected chi connectivity index (χ2v) is 4.85. The molecular formula is C11H15N5O2. The average molecular weight is 249 g/mol. The summed E-state index contributed by atoms with van der Waals surface area (Å²) in [6, 6.07) is -0.127. The standard InChI is InChI=1S/C11H15N5O2/c1-11(5-17-4-8(11)12)10-14-9(15-18-10)7-3-13-6-16(7)2/h3,6,8H,4-5,12H2,1-2H3. The van der Waals surface area contributed by atoms with Crippen molar-refractivity contribution in [1.82, 2.24) is 19.7 Å². The highest BCUT2D eigenvalue weighted by molar-refractivity contribution is 5.47.